The highest BCUT2D eigenvalue weighted by Crippen LogP contribution is 2.25. The zero-order valence-corrected chi connectivity index (χ0v) is 18.8. The Morgan fingerprint density at radius 1 is 0.968 bits per heavy atom. The van der Waals surface area contributed by atoms with Gasteiger partial charge in [0, 0.05) is 44.7 Å². The van der Waals surface area contributed by atoms with Gasteiger partial charge in [0.1, 0.15) is 5.82 Å². The number of para-hydroxylation sites is 1. The number of aromatic nitrogens is 4. The molecule has 2 saturated heterocycles. The Morgan fingerprint density at radius 2 is 1.65 bits per heavy atom. The van der Waals surface area contributed by atoms with Gasteiger partial charge in [-0.15, -0.1) is 5.10 Å². The van der Waals surface area contributed by atoms with Gasteiger partial charge in [0.25, 0.3) is 10.2 Å². The number of nitrogens with zero attached hydrogens (tertiary/aromatic N) is 7. The lowest BCUT2D eigenvalue weighted by Crippen LogP contribution is -2.57. The molecule has 0 N–H and O–H groups in total. The van der Waals surface area contributed by atoms with Crippen LogP contribution in [0.3, 0.4) is 0 Å². The summed E-state index contributed by atoms with van der Waals surface area (Å²) in [6, 6.07) is 7.87. The third-order valence-electron chi connectivity index (χ3n) is 5.83. The minimum atomic E-state index is -3.52. The molecule has 2 aliphatic rings. The van der Waals surface area contributed by atoms with Gasteiger partial charge >= 0.3 is 0 Å². The molecule has 2 aromatic heterocycles. The van der Waals surface area contributed by atoms with Gasteiger partial charge < -0.3 is 9.64 Å². The van der Waals surface area contributed by atoms with Crippen LogP contribution in [0.4, 0.5) is 5.95 Å². The van der Waals surface area contributed by atoms with Crippen LogP contribution in [0.15, 0.2) is 24.3 Å². The van der Waals surface area contributed by atoms with E-state index in [4.69, 9.17) is 9.72 Å². The summed E-state index contributed by atoms with van der Waals surface area (Å²) in [6.07, 6.45) is -0.212. The smallest absolute Gasteiger partial charge is 0.282 e. The maximum atomic E-state index is 13.2. The standard InChI is InChI=1S/C20H27N7O3S/c1-14-12-26(13-15(2)30-14)31(28,29)25-10-8-24(9-11-25)20-22-18-7-5-4-6-17(18)19-21-16(3)23-27(19)20/h4-7,14-15H,8-13H2,1-3H3. The van der Waals surface area contributed by atoms with Crippen molar-refractivity contribution in [2.75, 3.05) is 44.2 Å². The van der Waals surface area contributed by atoms with Gasteiger partial charge in [0.2, 0.25) is 5.95 Å². The first-order chi connectivity index (χ1) is 14.8. The van der Waals surface area contributed by atoms with Crippen molar-refractivity contribution in [3.05, 3.63) is 30.1 Å². The van der Waals surface area contributed by atoms with Crippen molar-refractivity contribution >= 4 is 32.7 Å². The number of piperazine rings is 1. The average molecular weight is 446 g/mol. The van der Waals surface area contributed by atoms with Crippen LogP contribution < -0.4 is 4.90 Å². The Labute approximate surface area is 181 Å². The first-order valence-electron chi connectivity index (χ1n) is 10.6. The fourth-order valence-electron chi connectivity index (χ4n) is 4.45. The van der Waals surface area contributed by atoms with Crippen LogP contribution in [0.5, 0.6) is 0 Å². The van der Waals surface area contributed by atoms with Crippen LogP contribution in [0, 0.1) is 6.92 Å². The van der Waals surface area contributed by atoms with E-state index in [0.717, 1.165) is 16.6 Å². The Hall–Kier alpha value is -2.34. The van der Waals surface area contributed by atoms with E-state index in [0.29, 0.717) is 51.0 Å². The van der Waals surface area contributed by atoms with Gasteiger partial charge in [0.15, 0.2) is 5.65 Å². The molecule has 0 bridgehead atoms. The molecule has 0 amide bonds. The molecule has 2 atom stereocenters. The van der Waals surface area contributed by atoms with Crippen molar-refractivity contribution in [2.45, 2.75) is 33.0 Å². The predicted molar refractivity (Wildman–Crippen MR) is 117 cm³/mol. The van der Waals surface area contributed by atoms with E-state index in [9.17, 15) is 8.42 Å². The van der Waals surface area contributed by atoms with E-state index in [1.807, 2.05) is 45.0 Å². The van der Waals surface area contributed by atoms with Crippen LogP contribution in [0.2, 0.25) is 0 Å². The largest absolute Gasteiger partial charge is 0.373 e. The third kappa shape index (κ3) is 3.65. The van der Waals surface area contributed by atoms with Crippen molar-refractivity contribution in [2.24, 2.45) is 0 Å². The van der Waals surface area contributed by atoms with E-state index in [2.05, 4.69) is 15.0 Å². The third-order valence-corrected chi connectivity index (χ3v) is 7.80. The first-order valence-corrected chi connectivity index (χ1v) is 12.0. The highest BCUT2D eigenvalue weighted by molar-refractivity contribution is 7.86. The molecule has 2 fully saturated rings. The van der Waals surface area contributed by atoms with Gasteiger partial charge in [-0.1, -0.05) is 12.1 Å². The van der Waals surface area contributed by atoms with E-state index in [-0.39, 0.29) is 12.2 Å². The van der Waals surface area contributed by atoms with Gasteiger partial charge in [-0.2, -0.15) is 21.5 Å². The van der Waals surface area contributed by atoms with E-state index >= 15 is 0 Å². The molecule has 2 aliphatic heterocycles. The number of hydrogen-bond donors (Lipinski definition) is 0. The maximum Gasteiger partial charge on any atom is 0.282 e. The Bertz CT molecular complexity index is 1210. The maximum absolute atomic E-state index is 13.2. The quantitative estimate of drug-likeness (QED) is 0.595. The molecular formula is C20H27N7O3S. The second-order valence-electron chi connectivity index (χ2n) is 8.29. The molecule has 0 spiro atoms. The van der Waals surface area contributed by atoms with Crippen molar-refractivity contribution in [3.8, 4) is 0 Å². The molecule has 166 valence electrons. The summed E-state index contributed by atoms with van der Waals surface area (Å²) in [6.45, 7) is 8.32. The fourth-order valence-corrected chi connectivity index (χ4v) is 6.20. The van der Waals surface area contributed by atoms with Gasteiger partial charge in [-0.05, 0) is 32.9 Å². The van der Waals surface area contributed by atoms with E-state index in [1.165, 1.54) is 0 Å². The lowest BCUT2D eigenvalue weighted by molar-refractivity contribution is -0.0455. The molecule has 11 heteroatoms. The van der Waals surface area contributed by atoms with Crippen molar-refractivity contribution in [1.82, 2.24) is 28.2 Å². The molecule has 5 rings (SSSR count). The number of ether oxygens (including phenoxy) is 1. The second kappa shape index (κ2) is 7.66. The number of anilines is 1. The van der Waals surface area contributed by atoms with E-state index in [1.54, 1.807) is 13.1 Å². The molecule has 1 aromatic carbocycles. The first kappa shape index (κ1) is 20.6. The number of hydrogen-bond acceptors (Lipinski definition) is 7. The minimum absolute atomic E-state index is 0.106. The zero-order valence-electron chi connectivity index (χ0n) is 18.0. The normalized spacial score (nSPS) is 24.3. The van der Waals surface area contributed by atoms with Crippen LogP contribution in [0.25, 0.3) is 16.6 Å². The van der Waals surface area contributed by atoms with Crippen LogP contribution in [0.1, 0.15) is 19.7 Å². The number of aryl methyl sites for hydroxylation is 1. The highest BCUT2D eigenvalue weighted by atomic mass is 32.2. The molecule has 4 heterocycles. The molecule has 0 saturated carbocycles. The fraction of sp³-hybridized carbons (Fsp3) is 0.550. The SMILES string of the molecule is Cc1nc2c3ccccc3nc(N3CCN(S(=O)(=O)N4CC(C)OC(C)C4)CC3)n2n1. The number of morpholine rings is 1. The van der Waals surface area contributed by atoms with Gasteiger partial charge in [0.05, 0.1) is 17.7 Å². The highest BCUT2D eigenvalue weighted by Gasteiger charge is 2.37. The molecule has 10 nitrogen and oxygen atoms in total. The van der Waals surface area contributed by atoms with Crippen molar-refractivity contribution in [1.29, 1.82) is 0 Å². The summed E-state index contributed by atoms with van der Waals surface area (Å²) in [5, 5.41) is 5.49. The summed E-state index contributed by atoms with van der Waals surface area (Å²) < 4.78 is 37.0. The average Bonchev–Trinajstić information content (AvgIpc) is 3.14. The predicted octanol–water partition coefficient (Wildman–Crippen LogP) is 1.06. The summed E-state index contributed by atoms with van der Waals surface area (Å²) in [5.74, 6) is 1.37. The Kier molecular flexibility index (Phi) is 5.08. The molecule has 0 radical (unpaired) electrons. The topological polar surface area (TPSA) is 96.2 Å². The van der Waals surface area contributed by atoms with Crippen LogP contribution in [-0.4, -0.2) is 88.1 Å². The summed E-state index contributed by atoms with van der Waals surface area (Å²) in [7, 11) is -3.52. The van der Waals surface area contributed by atoms with Gasteiger partial charge in [-0.25, -0.2) is 9.97 Å². The number of rotatable bonds is 3. The molecule has 3 aromatic rings. The summed E-state index contributed by atoms with van der Waals surface area (Å²) in [5.41, 5.74) is 1.62. The van der Waals surface area contributed by atoms with Crippen molar-refractivity contribution < 1.29 is 13.2 Å². The zero-order chi connectivity index (χ0) is 21.8. The summed E-state index contributed by atoms with van der Waals surface area (Å²) >= 11 is 0. The lowest BCUT2D eigenvalue weighted by Gasteiger charge is -2.40. The van der Waals surface area contributed by atoms with Crippen molar-refractivity contribution in [3.63, 3.8) is 0 Å². The summed E-state index contributed by atoms with van der Waals surface area (Å²) in [4.78, 5) is 11.5. The molecule has 0 aliphatic carbocycles. The van der Waals surface area contributed by atoms with Crippen LogP contribution in [-0.2, 0) is 14.9 Å². The van der Waals surface area contributed by atoms with Crippen LogP contribution >= 0.6 is 0 Å². The number of benzene rings is 1. The Balaban J connectivity index is 1.40. The second-order valence-corrected chi connectivity index (χ2v) is 10.2. The lowest BCUT2D eigenvalue weighted by atomic mass is 10.2. The molecule has 31 heavy (non-hydrogen) atoms. The molecular weight excluding hydrogens is 418 g/mol. The monoisotopic (exact) mass is 445 g/mol. The minimum Gasteiger partial charge on any atom is -0.373 e. The van der Waals surface area contributed by atoms with E-state index < -0.39 is 10.2 Å². The Morgan fingerprint density at radius 3 is 2.35 bits per heavy atom. The van der Waals surface area contributed by atoms with Gasteiger partial charge in [-0.3, -0.25) is 0 Å². The number of fused-ring (bicyclic) bond motifs is 3. The molecule has 2 unspecified atom stereocenters.